The van der Waals surface area contributed by atoms with Crippen LogP contribution in [0, 0.1) is 0 Å². The Morgan fingerprint density at radius 1 is 1.14 bits per heavy atom. The molecule has 6 nitrogen and oxygen atoms in total. The SMILES string of the molecule is CCNC(=NCc1cccc(CN2CCCC2=O)c1)NC1CCN(C2CC2)CC1. The van der Waals surface area contributed by atoms with E-state index in [2.05, 4.69) is 46.7 Å². The largest absolute Gasteiger partial charge is 0.357 e. The van der Waals surface area contributed by atoms with Crippen molar-refractivity contribution in [3.63, 3.8) is 0 Å². The third-order valence-corrected chi connectivity index (χ3v) is 6.23. The minimum absolute atomic E-state index is 0.278. The topological polar surface area (TPSA) is 60.0 Å². The second-order valence-electron chi connectivity index (χ2n) is 8.62. The summed E-state index contributed by atoms with van der Waals surface area (Å²) < 4.78 is 0. The van der Waals surface area contributed by atoms with Crippen molar-refractivity contribution in [1.29, 1.82) is 0 Å². The van der Waals surface area contributed by atoms with Crippen LogP contribution < -0.4 is 10.6 Å². The maximum atomic E-state index is 11.9. The van der Waals surface area contributed by atoms with Crippen molar-refractivity contribution in [3.8, 4) is 0 Å². The molecule has 0 atom stereocenters. The van der Waals surface area contributed by atoms with Crippen LogP contribution in [0.4, 0.5) is 0 Å². The third kappa shape index (κ3) is 5.72. The Bertz CT molecular complexity index is 722. The van der Waals surface area contributed by atoms with E-state index < -0.39 is 0 Å². The van der Waals surface area contributed by atoms with Gasteiger partial charge in [-0.2, -0.15) is 0 Å². The van der Waals surface area contributed by atoms with Gasteiger partial charge in [0, 0.05) is 51.2 Å². The van der Waals surface area contributed by atoms with E-state index >= 15 is 0 Å². The van der Waals surface area contributed by atoms with Crippen molar-refractivity contribution in [2.75, 3.05) is 26.2 Å². The van der Waals surface area contributed by atoms with Gasteiger partial charge < -0.3 is 20.4 Å². The maximum Gasteiger partial charge on any atom is 0.222 e. The number of guanidine groups is 1. The Balaban J connectivity index is 1.31. The number of nitrogens with one attached hydrogen (secondary N) is 2. The van der Waals surface area contributed by atoms with Gasteiger partial charge in [0.05, 0.1) is 6.54 Å². The van der Waals surface area contributed by atoms with E-state index in [1.807, 2.05) is 4.90 Å². The molecule has 1 aromatic rings. The van der Waals surface area contributed by atoms with Gasteiger partial charge in [0.25, 0.3) is 0 Å². The highest BCUT2D eigenvalue weighted by atomic mass is 16.2. The summed E-state index contributed by atoms with van der Waals surface area (Å²) in [5.41, 5.74) is 2.38. The molecule has 2 N–H and O–H groups in total. The van der Waals surface area contributed by atoms with Gasteiger partial charge in [-0.25, -0.2) is 4.99 Å². The quantitative estimate of drug-likeness (QED) is 0.548. The third-order valence-electron chi connectivity index (χ3n) is 6.23. The van der Waals surface area contributed by atoms with Crippen LogP contribution in [0.25, 0.3) is 0 Å². The smallest absolute Gasteiger partial charge is 0.222 e. The van der Waals surface area contributed by atoms with Crippen molar-refractivity contribution in [2.45, 2.75) is 70.6 Å². The number of benzene rings is 1. The molecule has 0 spiro atoms. The number of hydrogen-bond acceptors (Lipinski definition) is 3. The van der Waals surface area contributed by atoms with Crippen molar-refractivity contribution < 1.29 is 4.79 Å². The molecule has 2 heterocycles. The maximum absolute atomic E-state index is 11.9. The number of carbonyl (C=O) groups is 1. The first-order chi connectivity index (χ1) is 14.2. The van der Waals surface area contributed by atoms with Crippen LogP contribution in [0.1, 0.15) is 56.6 Å². The zero-order valence-corrected chi connectivity index (χ0v) is 17.7. The van der Waals surface area contributed by atoms with E-state index in [1.165, 1.54) is 49.9 Å². The van der Waals surface area contributed by atoms with E-state index in [9.17, 15) is 4.79 Å². The van der Waals surface area contributed by atoms with E-state index in [4.69, 9.17) is 4.99 Å². The van der Waals surface area contributed by atoms with Crippen LogP contribution >= 0.6 is 0 Å². The van der Waals surface area contributed by atoms with Gasteiger partial charge >= 0.3 is 0 Å². The summed E-state index contributed by atoms with van der Waals surface area (Å²) in [6.45, 7) is 7.64. The minimum Gasteiger partial charge on any atom is -0.357 e. The molecule has 0 radical (unpaired) electrons. The Kier molecular flexibility index (Phi) is 6.70. The minimum atomic E-state index is 0.278. The highest BCUT2D eigenvalue weighted by Gasteiger charge is 2.31. The van der Waals surface area contributed by atoms with Crippen LogP contribution in [0.15, 0.2) is 29.3 Å². The molecule has 0 aromatic heterocycles. The summed E-state index contributed by atoms with van der Waals surface area (Å²) in [5, 5.41) is 7.04. The monoisotopic (exact) mass is 397 g/mol. The zero-order chi connectivity index (χ0) is 20.1. The van der Waals surface area contributed by atoms with Crippen LogP contribution in [0.3, 0.4) is 0 Å². The molecular weight excluding hydrogens is 362 g/mol. The fraction of sp³-hybridized carbons (Fsp3) is 0.652. The summed E-state index contributed by atoms with van der Waals surface area (Å²) >= 11 is 0. The number of aliphatic imine (C=N–C) groups is 1. The van der Waals surface area contributed by atoms with Crippen molar-refractivity contribution in [1.82, 2.24) is 20.4 Å². The summed E-state index contributed by atoms with van der Waals surface area (Å²) in [6, 6.07) is 9.88. The summed E-state index contributed by atoms with van der Waals surface area (Å²) in [6.07, 6.45) is 6.86. The lowest BCUT2D eigenvalue weighted by molar-refractivity contribution is -0.128. The number of carbonyl (C=O) groups excluding carboxylic acids is 1. The molecule has 2 saturated heterocycles. The molecule has 2 aliphatic heterocycles. The number of amides is 1. The van der Waals surface area contributed by atoms with Crippen LogP contribution in [-0.4, -0.2) is 59.9 Å². The molecule has 0 unspecified atom stereocenters. The van der Waals surface area contributed by atoms with Gasteiger partial charge in [0.15, 0.2) is 5.96 Å². The Labute approximate surface area is 174 Å². The lowest BCUT2D eigenvalue weighted by Crippen LogP contribution is -2.49. The first kappa shape index (κ1) is 20.2. The number of piperidine rings is 1. The standard InChI is InChI=1S/C23H35N5O/c1-2-24-23(26-20-10-13-27(14-11-20)21-8-9-21)25-16-18-5-3-6-19(15-18)17-28-12-4-7-22(28)29/h3,5-6,15,20-21H,2,4,7-14,16-17H2,1H3,(H2,24,25,26). The fourth-order valence-corrected chi connectivity index (χ4v) is 4.45. The highest BCUT2D eigenvalue weighted by molar-refractivity contribution is 5.80. The summed E-state index contributed by atoms with van der Waals surface area (Å²) in [5.74, 6) is 1.19. The molecular formula is C23H35N5O. The molecule has 3 fully saturated rings. The predicted molar refractivity (Wildman–Crippen MR) is 117 cm³/mol. The van der Waals surface area contributed by atoms with Crippen LogP contribution in [0.5, 0.6) is 0 Å². The fourth-order valence-electron chi connectivity index (χ4n) is 4.45. The Morgan fingerprint density at radius 3 is 2.62 bits per heavy atom. The van der Waals surface area contributed by atoms with Gasteiger partial charge in [0.1, 0.15) is 0 Å². The molecule has 0 bridgehead atoms. The first-order valence-electron chi connectivity index (χ1n) is 11.4. The molecule has 6 heteroatoms. The molecule has 1 amide bonds. The van der Waals surface area contributed by atoms with E-state index in [0.717, 1.165) is 31.5 Å². The first-order valence-corrected chi connectivity index (χ1v) is 11.4. The molecule has 1 aliphatic carbocycles. The molecule has 1 saturated carbocycles. The number of rotatable bonds is 7. The molecule has 29 heavy (non-hydrogen) atoms. The van der Waals surface area contributed by atoms with Gasteiger partial charge in [-0.3, -0.25) is 4.79 Å². The van der Waals surface area contributed by atoms with Gasteiger partial charge in [-0.05, 0) is 50.2 Å². The van der Waals surface area contributed by atoms with Crippen molar-refractivity contribution >= 4 is 11.9 Å². The van der Waals surface area contributed by atoms with Gasteiger partial charge in [0.2, 0.25) is 5.91 Å². The normalized spacial score (nSPS) is 21.6. The molecule has 1 aromatic carbocycles. The van der Waals surface area contributed by atoms with Gasteiger partial charge in [-0.1, -0.05) is 24.3 Å². The Morgan fingerprint density at radius 2 is 1.93 bits per heavy atom. The van der Waals surface area contributed by atoms with E-state index in [-0.39, 0.29) is 5.91 Å². The van der Waals surface area contributed by atoms with Crippen LogP contribution in [-0.2, 0) is 17.9 Å². The second-order valence-corrected chi connectivity index (χ2v) is 8.62. The van der Waals surface area contributed by atoms with Crippen molar-refractivity contribution in [3.05, 3.63) is 35.4 Å². The highest BCUT2D eigenvalue weighted by Crippen LogP contribution is 2.29. The number of hydrogen-bond donors (Lipinski definition) is 2. The van der Waals surface area contributed by atoms with Crippen LogP contribution in [0.2, 0.25) is 0 Å². The predicted octanol–water partition coefficient (Wildman–Crippen LogP) is 2.49. The average molecular weight is 398 g/mol. The second kappa shape index (κ2) is 9.61. The van der Waals surface area contributed by atoms with E-state index in [1.54, 1.807) is 0 Å². The summed E-state index contributed by atoms with van der Waals surface area (Å²) in [7, 11) is 0. The number of nitrogens with zero attached hydrogens (tertiary/aromatic N) is 3. The number of likely N-dealkylation sites (tertiary alicyclic amines) is 2. The zero-order valence-electron chi connectivity index (χ0n) is 17.7. The lowest BCUT2D eigenvalue weighted by atomic mass is 10.1. The van der Waals surface area contributed by atoms with Crippen molar-refractivity contribution in [2.24, 2.45) is 4.99 Å². The summed E-state index contributed by atoms with van der Waals surface area (Å²) in [4.78, 5) is 21.3. The molecule has 158 valence electrons. The van der Waals surface area contributed by atoms with Gasteiger partial charge in [-0.15, -0.1) is 0 Å². The Hall–Kier alpha value is -2.08. The average Bonchev–Trinajstić information content (AvgIpc) is 3.51. The molecule has 4 rings (SSSR count). The van der Waals surface area contributed by atoms with E-state index in [0.29, 0.717) is 25.6 Å². The molecule has 3 aliphatic rings. The lowest BCUT2D eigenvalue weighted by Gasteiger charge is -2.33.